The quantitative estimate of drug-likeness (QED) is 0.572. The van der Waals surface area contributed by atoms with E-state index in [4.69, 9.17) is 11.6 Å². The zero-order valence-corrected chi connectivity index (χ0v) is 13.5. The number of rotatable bonds is 4. The molecular formula is C17H27Cl. The summed E-state index contributed by atoms with van der Waals surface area (Å²) in [4.78, 5) is 0. The van der Waals surface area contributed by atoms with Crippen LogP contribution in [0.4, 0.5) is 0 Å². The van der Waals surface area contributed by atoms with E-state index in [0.29, 0.717) is 0 Å². The van der Waals surface area contributed by atoms with E-state index >= 15 is 0 Å². The largest absolute Gasteiger partial charge is 0.0843 e. The first-order valence-electron chi connectivity index (χ1n) is 7.05. The molecule has 18 heavy (non-hydrogen) atoms. The minimum absolute atomic E-state index is 0.824. The summed E-state index contributed by atoms with van der Waals surface area (Å²) in [6.45, 7) is 12.8. The normalized spacial score (nSPS) is 11.5. The SMILES string of the molecule is CC.CCC/C(C)=C(\CC)c1ccc(Cl)cc1C. The maximum Gasteiger partial charge on any atom is 0.0409 e. The van der Waals surface area contributed by atoms with Gasteiger partial charge in [-0.2, -0.15) is 0 Å². The molecule has 102 valence electrons. The highest BCUT2D eigenvalue weighted by molar-refractivity contribution is 6.30. The zero-order valence-electron chi connectivity index (χ0n) is 12.7. The van der Waals surface area contributed by atoms with E-state index in [1.165, 1.54) is 35.1 Å². The summed E-state index contributed by atoms with van der Waals surface area (Å²) in [7, 11) is 0. The average Bonchev–Trinajstić information content (AvgIpc) is 2.35. The number of allylic oxidation sites excluding steroid dienone is 2. The first kappa shape index (κ1) is 17.2. The molecule has 0 radical (unpaired) electrons. The summed E-state index contributed by atoms with van der Waals surface area (Å²) in [6, 6.07) is 6.18. The Hall–Kier alpha value is -0.750. The molecular weight excluding hydrogens is 240 g/mol. The first-order chi connectivity index (χ1) is 8.60. The fraction of sp³-hybridized carbons (Fsp3) is 0.529. The predicted octanol–water partition coefficient (Wildman–Crippen LogP) is 6.66. The van der Waals surface area contributed by atoms with Gasteiger partial charge in [0.2, 0.25) is 0 Å². The van der Waals surface area contributed by atoms with Gasteiger partial charge in [-0.3, -0.25) is 0 Å². The molecule has 0 nitrogen and oxygen atoms in total. The molecule has 0 aliphatic rings. The van der Waals surface area contributed by atoms with Crippen molar-refractivity contribution < 1.29 is 0 Å². The second-order valence-corrected chi connectivity index (χ2v) is 4.76. The summed E-state index contributed by atoms with van der Waals surface area (Å²) in [5.74, 6) is 0. The highest BCUT2D eigenvalue weighted by Gasteiger charge is 2.07. The first-order valence-corrected chi connectivity index (χ1v) is 7.43. The molecule has 0 saturated carbocycles. The van der Waals surface area contributed by atoms with E-state index in [0.717, 1.165) is 11.4 Å². The maximum atomic E-state index is 5.99. The van der Waals surface area contributed by atoms with E-state index in [9.17, 15) is 0 Å². The van der Waals surface area contributed by atoms with Gasteiger partial charge in [-0.15, -0.1) is 0 Å². The minimum Gasteiger partial charge on any atom is -0.0843 e. The summed E-state index contributed by atoms with van der Waals surface area (Å²) in [5, 5.41) is 0.824. The van der Waals surface area contributed by atoms with Gasteiger partial charge in [0, 0.05) is 5.02 Å². The summed E-state index contributed by atoms with van der Waals surface area (Å²) in [6.07, 6.45) is 3.49. The number of aryl methyl sites for hydroxylation is 1. The molecule has 0 atom stereocenters. The molecule has 0 spiro atoms. The molecule has 0 heterocycles. The predicted molar refractivity (Wildman–Crippen MR) is 85.3 cm³/mol. The molecule has 1 aromatic rings. The Bertz CT molecular complexity index is 389. The molecule has 1 heteroatoms. The lowest BCUT2D eigenvalue weighted by Gasteiger charge is -2.13. The Balaban J connectivity index is 0.00000137. The lowest BCUT2D eigenvalue weighted by molar-refractivity contribution is 0.901. The minimum atomic E-state index is 0.824. The zero-order chi connectivity index (χ0) is 14.1. The Morgan fingerprint density at radius 2 is 1.78 bits per heavy atom. The fourth-order valence-electron chi connectivity index (χ4n) is 2.21. The van der Waals surface area contributed by atoms with Crippen LogP contribution in [0.5, 0.6) is 0 Å². The van der Waals surface area contributed by atoms with Crippen molar-refractivity contribution >= 4 is 17.2 Å². The summed E-state index contributed by atoms with van der Waals surface area (Å²) in [5.41, 5.74) is 5.63. The Morgan fingerprint density at radius 1 is 1.17 bits per heavy atom. The van der Waals surface area contributed by atoms with Gasteiger partial charge in [0.05, 0.1) is 0 Å². The van der Waals surface area contributed by atoms with Crippen LogP contribution in [-0.4, -0.2) is 0 Å². The highest BCUT2D eigenvalue weighted by atomic mass is 35.5. The van der Waals surface area contributed by atoms with Crippen molar-refractivity contribution in [3.63, 3.8) is 0 Å². The fourth-order valence-corrected chi connectivity index (χ4v) is 2.44. The van der Waals surface area contributed by atoms with Gasteiger partial charge < -0.3 is 0 Å². The van der Waals surface area contributed by atoms with Crippen LogP contribution in [0.25, 0.3) is 5.57 Å². The smallest absolute Gasteiger partial charge is 0.0409 e. The van der Waals surface area contributed by atoms with E-state index in [1.807, 2.05) is 26.0 Å². The van der Waals surface area contributed by atoms with Crippen molar-refractivity contribution in [1.82, 2.24) is 0 Å². The Kier molecular flexibility index (Phi) is 8.83. The Morgan fingerprint density at radius 3 is 2.22 bits per heavy atom. The van der Waals surface area contributed by atoms with Crippen molar-refractivity contribution in [1.29, 1.82) is 0 Å². The van der Waals surface area contributed by atoms with Crippen molar-refractivity contribution in [3.8, 4) is 0 Å². The van der Waals surface area contributed by atoms with Gasteiger partial charge >= 0.3 is 0 Å². The van der Waals surface area contributed by atoms with E-state index in [-0.39, 0.29) is 0 Å². The van der Waals surface area contributed by atoms with Crippen LogP contribution < -0.4 is 0 Å². The second kappa shape index (κ2) is 9.22. The summed E-state index contributed by atoms with van der Waals surface area (Å²) >= 11 is 5.99. The maximum absolute atomic E-state index is 5.99. The number of benzene rings is 1. The molecule has 1 rings (SSSR count). The van der Waals surface area contributed by atoms with Crippen LogP contribution in [0.1, 0.15) is 65.0 Å². The molecule has 0 fully saturated rings. The van der Waals surface area contributed by atoms with E-state index in [1.54, 1.807) is 0 Å². The highest BCUT2D eigenvalue weighted by Crippen LogP contribution is 2.28. The van der Waals surface area contributed by atoms with E-state index < -0.39 is 0 Å². The second-order valence-electron chi connectivity index (χ2n) is 4.32. The van der Waals surface area contributed by atoms with Crippen molar-refractivity contribution in [2.75, 3.05) is 0 Å². The Labute approximate surface area is 118 Å². The van der Waals surface area contributed by atoms with Gasteiger partial charge in [-0.05, 0) is 55.5 Å². The molecule has 0 unspecified atom stereocenters. The third-order valence-corrected chi connectivity index (χ3v) is 3.24. The van der Waals surface area contributed by atoms with Crippen molar-refractivity contribution in [2.24, 2.45) is 0 Å². The van der Waals surface area contributed by atoms with Crippen LogP contribution in [0.2, 0.25) is 5.02 Å². The molecule has 0 aliphatic heterocycles. The van der Waals surface area contributed by atoms with Crippen molar-refractivity contribution in [3.05, 3.63) is 39.9 Å². The van der Waals surface area contributed by atoms with Crippen LogP contribution in [-0.2, 0) is 0 Å². The molecule has 0 saturated heterocycles. The van der Waals surface area contributed by atoms with Crippen LogP contribution in [0, 0.1) is 6.92 Å². The topological polar surface area (TPSA) is 0 Å². The van der Waals surface area contributed by atoms with E-state index in [2.05, 4.69) is 33.8 Å². The van der Waals surface area contributed by atoms with Gasteiger partial charge in [-0.1, -0.05) is 57.4 Å². The molecule has 0 aromatic heterocycles. The number of halogens is 1. The van der Waals surface area contributed by atoms with Gasteiger partial charge in [0.25, 0.3) is 0 Å². The molecule has 1 aromatic carbocycles. The summed E-state index contributed by atoms with van der Waals surface area (Å²) < 4.78 is 0. The molecule has 0 aliphatic carbocycles. The molecule has 0 bridgehead atoms. The van der Waals surface area contributed by atoms with Crippen LogP contribution in [0.15, 0.2) is 23.8 Å². The number of hydrogen-bond acceptors (Lipinski definition) is 0. The monoisotopic (exact) mass is 266 g/mol. The molecule has 0 N–H and O–H groups in total. The van der Waals surface area contributed by atoms with Crippen LogP contribution in [0.3, 0.4) is 0 Å². The van der Waals surface area contributed by atoms with Gasteiger partial charge in [-0.25, -0.2) is 0 Å². The van der Waals surface area contributed by atoms with Crippen LogP contribution >= 0.6 is 11.6 Å². The van der Waals surface area contributed by atoms with Crippen molar-refractivity contribution in [2.45, 2.75) is 60.8 Å². The van der Waals surface area contributed by atoms with Gasteiger partial charge in [0.1, 0.15) is 0 Å². The lowest BCUT2D eigenvalue weighted by Crippen LogP contribution is -1.92. The number of hydrogen-bond donors (Lipinski definition) is 0. The standard InChI is InChI=1S/C15H21Cl.C2H6/c1-5-7-11(3)14(6-2)15-9-8-13(16)10-12(15)4;1-2/h8-10H,5-7H2,1-4H3;1-2H3/b14-11+;. The molecule has 0 amide bonds. The third-order valence-electron chi connectivity index (χ3n) is 3.01. The lowest BCUT2D eigenvalue weighted by atomic mass is 9.93. The third kappa shape index (κ3) is 4.86. The average molecular weight is 267 g/mol. The van der Waals surface area contributed by atoms with Gasteiger partial charge in [0.15, 0.2) is 0 Å².